The highest BCUT2D eigenvalue weighted by atomic mass is 79.9. The van der Waals surface area contributed by atoms with Gasteiger partial charge in [0.2, 0.25) is 11.8 Å². The Kier molecular flexibility index (Phi) is 10.5. The number of hydrogen-bond acceptors (Lipinski definition) is 8. The highest BCUT2D eigenvalue weighted by molar-refractivity contribution is 9.10. The third kappa shape index (κ3) is 8.99. The molecule has 0 spiro atoms. The number of aromatic nitrogens is 2. The Morgan fingerprint density at radius 3 is 2.06 bits per heavy atom. The molecule has 0 bridgehead atoms. The van der Waals surface area contributed by atoms with Crippen LogP contribution >= 0.6 is 41.7 Å². The molecule has 0 atom stereocenters. The average molecular weight is 571 g/mol. The SMILES string of the molecule is Cc1c(Br)cccc1NOSN(C)c1c(OCC(F)(F)F)ncnc1OCC(F)(F)F.S. The van der Waals surface area contributed by atoms with E-state index in [1.807, 2.05) is 0 Å². The molecule has 0 unspecified atom stereocenters. The maximum atomic E-state index is 12.5. The fraction of sp³-hybridized carbons (Fsp3) is 0.375. The van der Waals surface area contributed by atoms with Gasteiger partial charge in [0.05, 0.1) is 5.69 Å². The first-order valence-corrected chi connectivity index (χ1v) is 9.69. The number of rotatable bonds is 9. The van der Waals surface area contributed by atoms with Crippen LogP contribution in [0.5, 0.6) is 11.8 Å². The van der Waals surface area contributed by atoms with Crippen LogP contribution in [0, 0.1) is 6.92 Å². The van der Waals surface area contributed by atoms with Crippen molar-refractivity contribution in [2.45, 2.75) is 19.3 Å². The summed E-state index contributed by atoms with van der Waals surface area (Å²) in [5.74, 6) is -1.27. The van der Waals surface area contributed by atoms with Gasteiger partial charge in [-0.1, -0.05) is 22.0 Å². The van der Waals surface area contributed by atoms with Crippen molar-refractivity contribution in [3.05, 3.63) is 34.6 Å². The molecule has 0 saturated carbocycles. The number of benzene rings is 1. The molecule has 180 valence electrons. The Morgan fingerprint density at radius 2 is 1.56 bits per heavy atom. The molecule has 1 N–H and O–H groups in total. The third-order valence-electron chi connectivity index (χ3n) is 3.38. The lowest BCUT2D eigenvalue weighted by atomic mass is 10.2. The van der Waals surface area contributed by atoms with Crippen molar-refractivity contribution in [3.8, 4) is 11.8 Å². The second-order valence-electron chi connectivity index (χ2n) is 5.81. The molecule has 2 rings (SSSR count). The van der Waals surface area contributed by atoms with Crippen LogP contribution in [-0.2, 0) is 4.28 Å². The van der Waals surface area contributed by atoms with E-state index < -0.39 is 37.3 Å². The van der Waals surface area contributed by atoms with Crippen LogP contribution in [0.1, 0.15) is 5.56 Å². The molecular formula is C16H17BrF6N4O3S2. The first-order chi connectivity index (χ1) is 14.4. The normalized spacial score (nSPS) is 11.5. The Bertz CT molecular complexity index is 856. The summed E-state index contributed by atoms with van der Waals surface area (Å²) < 4.78 is 91.5. The highest BCUT2D eigenvalue weighted by Crippen LogP contribution is 2.38. The zero-order valence-corrected chi connectivity index (χ0v) is 19.7. The molecule has 0 aliphatic rings. The maximum absolute atomic E-state index is 12.5. The molecule has 0 radical (unpaired) electrons. The lowest BCUT2D eigenvalue weighted by Gasteiger charge is -2.22. The largest absolute Gasteiger partial charge is 0.466 e. The van der Waals surface area contributed by atoms with Gasteiger partial charge in [-0.05, 0) is 24.6 Å². The van der Waals surface area contributed by atoms with E-state index in [0.29, 0.717) is 17.9 Å². The van der Waals surface area contributed by atoms with Crippen molar-refractivity contribution >= 4 is 53.0 Å². The summed E-state index contributed by atoms with van der Waals surface area (Å²) in [7, 11) is 1.29. The lowest BCUT2D eigenvalue weighted by molar-refractivity contribution is -0.154. The Labute approximate surface area is 198 Å². The first kappa shape index (κ1) is 28.3. The standard InChI is InChI=1S/C16H15BrF6N4O3S.H2S/c1-9-10(17)4-3-5-11(9)26-30-31-27(2)12-13(28-6-15(18,19)20)24-8-25-14(12)29-7-16(21,22)23;/h3-5,8,26H,6-7H2,1-2H3;1H2. The number of anilines is 2. The fourth-order valence-corrected chi connectivity index (χ4v) is 2.84. The van der Waals surface area contributed by atoms with Gasteiger partial charge >= 0.3 is 12.4 Å². The summed E-state index contributed by atoms with van der Waals surface area (Å²) in [6.07, 6.45) is -8.67. The highest BCUT2D eigenvalue weighted by Gasteiger charge is 2.32. The van der Waals surface area contributed by atoms with Crippen LogP contribution in [0.2, 0.25) is 0 Å². The Hall–Kier alpha value is -1.78. The van der Waals surface area contributed by atoms with Crippen molar-refractivity contribution in [2.24, 2.45) is 0 Å². The van der Waals surface area contributed by atoms with Gasteiger partial charge in [0.25, 0.3) is 0 Å². The molecule has 2 aromatic rings. The third-order valence-corrected chi connectivity index (χ3v) is 4.81. The topological polar surface area (TPSA) is 68.7 Å². The van der Waals surface area contributed by atoms with Crippen LogP contribution in [0.4, 0.5) is 37.7 Å². The van der Waals surface area contributed by atoms with E-state index in [1.165, 1.54) is 7.05 Å². The monoisotopic (exact) mass is 570 g/mol. The van der Waals surface area contributed by atoms with E-state index >= 15 is 0 Å². The smallest absolute Gasteiger partial charge is 0.422 e. The number of nitrogens with one attached hydrogen (secondary N) is 1. The predicted molar refractivity (Wildman–Crippen MR) is 115 cm³/mol. The molecule has 0 amide bonds. The summed E-state index contributed by atoms with van der Waals surface area (Å²) in [6.45, 7) is -1.64. The quantitative estimate of drug-likeness (QED) is 0.181. The van der Waals surface area contributed by atoms with Gasteiger partial charge < -0.3 is 9.47 Å². The molecule has 1 aromatic heterocycles. The first-order valence-electron chi connectivity index (χ1n) is 8.20. The minimum Gasteiger partial charge on any atom is -0.466 e. The zero-order chi connectivity index (χ0) is 23.2. The van der Waals surface area contributed by atoms with E-state index in [-0.39, 0.29) is 19.2 Å². The van der Waals surface area contributed by atoms with Crippen LogP contribution in [0.15, 0.2) is 29.0 Å². The molecule has 0 fully saturated rings. The molecule has 1 aromatic carbocycles. The van der Waals surface area contributed by atoms with E-state index in [0.717, 1.165) is 20.7 Å². The molecule has 16 heteroatoms. The zero-order valence-electron chi connectivity index (χ0n) is 16.3. The summed E-state index contributed by atoms with van der Waals surface area (Å²) in [6, 6.07) is 5.23. The molecule has 7 nitrogen and oxygen atoms in total. The number of alkyl halides is 6. The Morgan fingerprint density at radius 1 is 1.03 bits per heavy atom. The van der Waals surface area contributed by atoms with Gasteiger partial charge in [0, 0.05) is 11.5 Å². The predicted octanol–water partition coefficient (Wildman–Crippen LogP) is 5.59. The van der Waals surface area contributed by atoms with Gasteiger partial charge in [-0.2, -0.15) is 54.1 Å². The molecule has 0 aliphatic heterocycles. The molecule has 32 heavy (non-hydrogen) atoms. The van der Waals surface area contributed by atoms with Crippen molar-refractivity contribution in [1.82, 2.24) is 9.97 Å². The minimum atomic E-state index is -4.70. The van der Waals surface area contributed by atoms with Crippen LogP contribution in [0.25, 0.3) is 0 Å². The molecule has 1 heterocycles. The van der Waals surface area contributed by atoms with Crippen LogP contribution < -0.4 is 19.3 Å². The van der Waals surface area contributed by atoms with Crippen molar-refractivity contribution in [1.29, 1.82) is 0 Å². The van der Waals surface area contributed by atoms with Gasteiger partial charge in [0.1, 0.15) is 18.6 Å². The lowest BCUT2D eigenvalue weighted by Crippen LogP contribution is -2.23. The van der Waals surface area contributed by atoms with Gasteiger partial charge in [0.15, 0.2) is 18.9 Å². The van der Waals surface area contributed by atoms with E-state index in [1.54, 1.807) is 25.1 Å². The number of halogens is 7. The van der Waals surface area contributed by atoms with Crippen molar-refractivity contribution in [2.75, 3.05) is 30.0 Å². The second-order valence-corrected chi connectivity index (χ2v) is 7.53. The summed E-state index contributed by atoms with van der Waals surface area (Å²) >= 11 is 3.88. The van der Waals surface area contributed by atoms with Gasteiger partial charge in [-0.3, -0.25) is 9.79 Å². The van der Waals surface area contributed by atoms with Gasteiger partial charge in [-0.15, -0.1) is 0 Å². The summed E-state index contributed by atoms with van der Waals surface area (Å²) in [5.41, 5.74) is 3.61. The van der Waals surface area contributed by atoms with E-state index in [2.05, 4.69) is 40.9 Å². The van der Waals surface area contributed by atoms with Gasteiger partial charge in [-0.25, -0.2) is 0 Å². The second kappa shape index (κ2) is 11.9. The van der Waals surface area contributed by atoms with Crippen LogP contribution in [-0.4, -0.2) is 42.6 Å². The fourth-order valence-electron chi connectivity index (χ4n) is 2.00. The van der Waals surface area contributed by atoms with Crippen molar-refractivity contribution in [3.63, 3.8) is 0 Å². The summed E-state index contributed by atoms with van der Waals surface area (Å²) in [4.78, 5) is 7.14. The number of hydrogen-bond donors (Lipinski definition) is 1. The minimum absolute atomic E-state index is 0. The van der Waals surface area contributed by atoms with Crippen molar-refractivity contribution < 1.29 is 40.1 Å². The molecular weight excluding hydrogens is 554 g/mol. The summed E-state index contributed by atoms with van der Waals surface area (Å²) in [5, 5.41) is 0. The average Bonchev–Trinajstić information content (AvgIpc) is 2.66. The van der Waals surface area contributed by atoms with E-state index in [9.17, 15) is 26.3 Å². The van der Waals surface area contributed by atoms with E-state index in [4.69, 9.17) is 4.28 Å². The Balaban J connectivity index is 0.00000512. The van der Waals surface area contributed by atoms with Crippen LogP contribution in [0.3, 0.4) is 0 Å². The number of nitrogens with zero attached hydrogens (tertiary/aromatic N) is 3. The molecule has 0 saturated heterocycles. The maximum Gasteiger partial charge on any atom is 0.422 e. The number of ether oxygens (including phenoxy) is 2. The molecule has 0 aliphatic carbocycles.